The zero-order valence-corrected chi connectivity index (χ0v) is 8.22. The molecule has 0 aromatic rings. The molecule has 0 amide bonds. The minimum Gasteiger partial charge on any atom is -0.452 e. The van der Waals surface area contributed by atoms with E-state index in [1.807, 2.05) is 0 Å². The lowest BCUT2D eigenvalue weighted by molar-refractivity contribution is -0.165. The molecule has 0 bridgehead atoms. The molecule has 0 heterocycles. The van der Waals surface area contributed by atoms with Crippen LogP contribution in [0.1, 0.15) is 0 Å². The predicted molar refractivity (Wildman–Crippen MR) is 49.1 cm³/mol. The van der Waals surface area contributed by atoms with Crippen molar-refractivity contribution in [3.05, 3.63) is 0 Å². The summed E-state index contributed by atoms with van der Waals surface area (Å²) in [4.78, 5) is 31.0. The van der Waals surface area contributed by atoms with Gasteiger partial charge >= 0.3 is 5.97 Å². The average molecular weight is 235 g/mol. The second-order valence-electron chi connectivity index (χ2n) is 2.97. The van der Waals surface area contributed by atoms with E-state index in [4.69, 9.17) is 15.9 Å². The minimum absolute atomic E-state index is 0.177. The topological polar surface area (TPSA) is 147 Å². The summed E-state index contributed by atoms with van der Waals surface area (Å²) < 4.78 is 4.35. The van der Waals surface area contributed by atoms with Gasteiger partial charge in [0.1, 0.15) is 24.5 Å². The average Bonchev–Trinajstić information content (AvgIpc) is 2.32. The maximum Gasteiger partial charge on any atom is 0.371 e. The standard InChI is InChI=1S/C8H13NO7/c9-4(1-10)8(16-6(14)3-12)7(15)5(13)2-11/h1,3-5,7-8,11,13,15H,2,9H2/t4-,5+,7+,8+/m0/s1. The molecule has 8 heteroatoms. The van der Waals surface area contributed by atoms with E-state index in [2.05, 4.69) is 4.74 Å². The van der Waals surface area contributed by atoms with Gasteiger partial charge < -0.3 is 30.6 Å². The molecule has 5 N–H and O–H groups in total. The molecule has 0 aliphatic carbocycles. The number of hydrogen-bond donors (Lipinski definition) is 4. The van der Waals surface area contributed by atoms with Crippen molar-refractivity contribution in [3.8, 4) is 0 Å². The van der Waals surface area contributed by atoms with Crippen LogP contribution in [0.5, 0.6) is 0 Å². The van der Waals surface area contributed by atoms with E-state index in [1.165, 1.54) is 0 Å². The van der Waals surface area contributed by atoms with Crippen LogP contribution >= 0.6 is 0 Å². The molecule has 0 radical (unpaired) electrons. The first-order valence-electron chi connectivity index (χ1n) is 4.31. The van der Waals surface area contributed by atoms with Crippen molar-refractivity contribution >= 4 is 18.5 Å². The van der Waals surface area contributed by atoms with Crippen LogP contribution in [-0.2, 0) is 19.1 Å². The second kappa shape index (κ2) is 7.01. The Hall–Kier alpha value is -1.35. The summed E-state index contributed by atoms with van der Waals surface area (Å²) in [7, 11) is 0. The summed E-state index contributed by atoms with van der Waals surface area (Å²) in [5.41, 5.74) is 5.20. The van der Waals surface area contributed by atoms with Crippen LogP contribution < -0.4 is 5.73 Å². The fourth-order valence-corrected chi connectivity index (χ4v) is 0.942. The summed E-state index contributed by atoms with van der Waals surface area (Å²) in [5, 5.41) is 27.0. The van der Waals surface area contributed by atoms with Gasteiger partial charge in [0.05, 0.1) is 6.61 Å². The van der Waals surface area contributed by atoms with Crippen molar-refractivity contribution < 1.29 is 34.4 Å². The van der Waals surface area contributed by atoms with Crippen LogP contribution in [0.25, 0.3) is 0 Å². The highest BCUT2D eigenvalue weighted by molar-refractivity contribution is 6.20. The lowest BCUT2D eigenvalue weighted by Gasteiger charge is -2.26. The highest BCUT2D eigenvalue weighted by Gasteiger charge is 2.33. The molecular weight excluding hydrogens is 222 g/mol. The molecule has 0 saturated carbocycles. The van der Waals surface area contributed by atoms with E-state index in [0.717, 1.165) is 0 Å². The second-order valence-corrected chi connectivity index (χ2v) is 2.97. The number of aliphatic hydroxyl groups is 3. The number of ether oxygens (including phenoxy) is 1. The molecule has 0 aromatic carbocycles. The predicted octanol–water partition coefficient (Wildman–Crippen LogP) is -3.66. The molecule has 0 aliphatic heterocycles. The van der Waals surface area contributed by atoms with Gasteiger partial charge in [-0.1, -0.05) is 0 Å². The van der Waals surface area contributed by atoms with Gasteiger partial charge in [-0.05, 0) is 0 Å². The molecule has 0 unspecified atom stereocenters. The van der Waals surface area contributed by atoms with E-state index in [1.54, 1.807) is 0 Å². The summed E-state index contributed by atoms with van der Waals surface area (Å²) in [6.07, 6.45) is -5.01. The fourth-order valence-electron chi connectivity index (χ4n) is 0.942. The number of aliphatic hydroxyl groups excluding tert-OH is 3. The number of hydrogen-bond acceptors (Lipinski definition) is 8. The Morgan fingerprint density at radius 3 is 2.31 bits per heavy atom. The molecule has 92 valence electrons. The third-order valence-corrected chi connectivity index (χ3v) is 1.80. The smallest absolute Gasteiger partial charge is 0.371 e. The van der Waals surface area contributed by atoms with Crippen molar-refractivity contribution in [1.29, 1.82) is 0 Å². The van der Waals surface area contributed by atoms with Gasteiger partial charge in [-0.15, -0.1) is 0 Å². The van der Waals surface area contributed by atoms with Crippen LogP contribution in [0.15, 0.2) is 0 Å². The zero-order chi connectivity index (χ0) is 12.7. The number of nitrogens with two attached hydrogens (primary N) is 1. The summed E-state index contributed by atoms with van der Waals surface area (Å²) >= 11 is 0. The van der Waals surface area contributed by atoms with E-state index in [9.17, 15) is 19.5 Å². The quantitative estimate of drug-likeness (QED) is 0.200. The SMILES string of the molecule is N[C@@H](C=O)[C@@H](OC(=O)C=O)[C@H](O)[C@H](O)CO. The van der Waals surface area contributed by atoms with Gasteiger partial charge in [-0.25, -0.2) is 4.79 Å². The van der Waals surface area contributed by atoms with E-state index >= 15 is 0 Å². The van der Waals surface area contributed by atoms with Crippen LogP contribution in [0.2, 0.25) is 0 Å². The van der Waals surface area contributed by atoms with Crippen LogP contribution in [0.3, 0.4) is 0 Å². The maximum absolute atomic E-state index is 10.6. The summed E-state index contributed by atoms with van der Waals surface area (Å²) in [6, 6.07) is -1.42. The number of carbonyl (C=O) groups is 3. The lowest BCUT2D eigenvalue weighted by Crippen LogP contribution is -2.52. The van der Waals surface area contributed by atoms with E-state index in [0.29, 0.717) is 0 Å². The van der Waals surface area contributed by atoms with Crippen LogP contribution in [0, 0.1) is 0 Å². The number of carbonyl (C=O) groups excluding carboxylic acids is 3. The molecule has 0 aromatic heterocycles. The summed E-state index contributed by atoms with van der Waals surface area (Å²) in [5.74, 6) is -1.34. The minimum atomic E-state index is -1.77. The highest BCUT2D eigenvalue weighted by Crippen LogP contribution is 2.07. The Balaban J connectivity index is 4.71. The Morgan fingerprint density at radius 2 is 1.94 bits per heavy atom. The number of esters is 1. The first-order chi connectivity index (χ1) is 7.47. The molecular formula is C8H13NO7. The van der Waals surface area contributed by atoms with Crippen molar-refractivity contribution in [2.24, 2.45) is 5.73 Å². The van der Waals surface area contributed by atoms with Gasteiger partial charge in [0, 0.05) is 0 Å². The molecule has 0 aliphatic rings. The Morgan fingerprint density at radius 1 is 1.38 bits per heavy atom. The molecule has 0 saturated heterocycles. The van der Waals surface area contributed by atoms with Crippen LogP contribution in [-0.4, -0.2) is 64.8 Å². The van der Waals surface area contributed by atoms with Crippen molar-refractivity contribution in [2.45, 2.75) is 24.4 Å². The van der Waals surface area contributed by atoms with Crippen LogP contribution in [0.4, 0.5) is 0 Å². The van der Waals surface area contributed by atoms with E-state index in [-0.39, 0.29) is 12.6 Å². The fraction of sp³-hybridized carbons (Fsp3) is 0.625. The van der Waals surface area contributed by atoms with Gasteiger partial charge in [0.25, 0.3) is 0 Å². The first-order valence-corrected chi connectivity index (χ1v) is 4.31. The normalized spacial score (nSPS) is 18.0. The van der Waals surface area contributed by atoms with Crippen molar-refractivity contribution in [3.63, 3.8) is 0 Å². The van der Waals surface area contributed by atoms with Crippen molar-refractivity contribution in [1.82, 2.24) is 0 Å². The molecule has 16 heavy (non-hydrogen) atoms. The molecule has 4 atom stereocenters. The first kappa shape index (κ1) is 14.6. The maximum atomic E-state index is 10.6. The Kier molecular flexibility index (Phi) is 6.42. The van der Waals surface area contributed by atoms with Gasteiger partial charge in [0.15, 0.2) is 6.10 Å². The van der Waals surface area contributed by atoms with E-state index < -0.39 is 36.9 Å². The monoisotopic (exact) mass is 235 g/mol. The Bertz CT molecular complexity index is 257. The molecule has 8 nitrogen and oxygen atoms in total. The van der Waals surface area contributed by atoms with Gasteiger partial charge in [-0.3, -0.25) is 4.79 Å². The zero-order valence-electron chi connectivity index (χ0n) is 8.22. The van der Waals surface area contributed by atoms with Gasteiger partial charge in [0.2, 0.25) is 6.29 Å². The Labute approximate surface area is 90.6 Å². The molecule has 0 rings (SSSR count). The van der Waals surface area contributed by atoms with Crippen molar-refractivity contribution in [2.75, 3.05) is 6.61 Å². The summed E-state index contributed by atoms with van der Waals surface area (Å²) in [6.45, 7) is -0.818. The third kappa shape index (κ3) is 4.03. The van der Waals surface area contributed by atoms with Gasteiger partial charge in [-0.2, -0.15) is 0 Å². The largest absolute Gasteiger partial charge is 0.452 e. The lowest BCUT2D eigenvalue weighted by atomic mass is 10.0. The highest BCUT2D eigenvalue weighted by atomic mass is 16.6. The number of aldehydes is 2. The number of rotatable bonds is 7. The molecule has 0 spiro atoms. The molecule has 0 fully saturated rings. The third-order valence-electron chi connectivity index (χ3n) is 1.80.